The van der Waals surface area contributed by atoms with E-state index in [1.165, 1.54) is 24.3 Å². The van der Waals surface area contributed by atoms with Crippen LogP contribution in [-0.4, -0.2) is 101 Å². The summed E-state index contributed by atoms with van der Waals surface area (Å²) in [6.07, 6.45) is 12.1. The van der Waals surface area contributed by atoms with E-state index < -0.39 is 79.4 Å². The maximum absolute atomic E-state index is 13.7. The monoisotopic (exact) mass is 912 g/mol. The number of hydrogen-bond donors (Lipinski definition) is 0. The summed E-state index contributed by atoms with van der Waals surface area (Å²) in [6, 6.07) is 0. The van der Waals surface area contributed by atoms with Crippen LogP contribution in [0.4, 0.5) is 0 Å². The van der Waals surface area contributed by atoms with Crippen LogP contribution in [0.15, 0.2) is 50.6 Å². The van der Waals surface area contributed by atoms with E-state index >= 15 is 0 Å². The topological polar surface area (TPSA) is 210 Å². The Morgan fingerprint density at radius 2 is 0.431 bits per heavy atom. The Morgan fingerprint density at radius 1 is 0.292 bits per heavy atom. The first-order valence-electron chi connectivity index (χ1n) is 23.1. The van der Waals surface area contributed by atoms with E-state index in [1.54, 1.807) is 0 Å². The van der Waals surface area contributed by atoms with Gasteiger partial charge < -0.3 is 37.9 Å². The quantitative estimate of drug-likeness (QED) is 0.0592. The molecule has 4 rings (SSSR count). The van der Waals surface area contributed by atoms with Crippen molar-refractivity contribution in [2.75, 3.05) is 52.9 Å². The minimum Gasteiger partial charge on any atom is -0.464 e. The van der Waals surface area contributed by atoms with Gasteiger partial charge in [0.2, 0.25) is 0 Å². The van der Waals surface area contributed by atoms with Crippen LogP contribution in [0.1, 0.15) is 103 Å². The molecule has 0 aromatic rings. The number of carbonyl (C=O) groups is 8. The lowest BCUT2D eigenvalue weighted by Gasteiger charge is -2.35. The van der Waals surface area contributed by atoms with Crippen LogP contribution in [0, 0.1) is 52.8 Å². The molecule has 0 aromatic carbocycles. The van der Waals surface area contributed by atoms with Crippen LogP contribution in [0.5, 0.6) is 0 Å². The molecule has 16 nitrogen and oxygen atoms in total. The molecule has 16 heteroatoms. The van der Waals surface area contributed by atoms with Crippen LogP contribution < -0.4 is 0 Å². The van der Waals surface area contributed by atoms with E-state index in [4.69, 9.17) is 37.9 Å². The zero-order valence-corrected chi connectivity index (χ0v) is 37.8. The minimum atomic E-state index is -1.55. The Labute approximate surface area is 382 Å². The molecular weight excluding hydrogens is 845 g/mol. The van der Waals surface area contributed by atoms with E-state index in [0.717, 1.165) is 0 Å². The lowest BCUT2D eigenvalue weighted by Crippen LogP contribution is -2.46. The average molecular weight is 913 g/mol. The van der Waals surface area contributed by atoms with Crippen molar-refractivity contribution >= 4 is 47.8 Å². The molecule has 0 unspecified atom stereocenters. The van der Waals surface area contributed by atoms with Gasteiger partial charge in [0.25, 0.3) is 0 Å². The molecule has 0 atom stereocenters. The first-order valence-corrected chi connectivity index (χ1v) is 23.1. The summed E-state index contributed by atoms with van der Waals surface area (Å²) in [5.41, 5.74) is -1.55. The third-order valence-electron chi connectivity index (χ3n) is 13.0. The molecule has 0 aromatic heterocycles. The summed E-state index contributed by atoms with van der Waals surface area (Å²) < 4.78 is 44.6. The number of hydrogen-bond acceptors (Lipinski definition) is 16. The van der Waals surface area contributed by atoms with Crippen LogP contribution >= 0.6 is 0 Å². The normalized spacial score (nSPS) is 26.2. The second-order valence-electron chi connectivity index (χ2n) is 17.8. The van der Waals surface area contributed by atoms with Gasteiger partial charge in [-0.3, -0.25) is 38.4 Å². The highest BCUT2D eigenvalue weighted by atomic mass is 16.6. The predicted octanol–water partition coefficient (Wildman–Crippen LogP) is 6.29. The summed E-state index contributed by atoms with van der Waals surface area (Å²) in [5.74, 6) is -7.41. The third kappa shape index (κ3) is 16.6. The van der Waals surface area contributed by atoms with Gasteiger partial charge in [-0.2, -0.15) is 0 Å². The molecule has 4 aliphatic rings. The minimum absolute atomic E-state index is 0.0899. The molecule has 0 amide bonds. The van der Waals surface area contributed by atoms with Crippen molar-refractivity contribution in [2.24, 2.45) is 52.8 Å². The predicted molar refractivity (Wildman–Crippen MR) is 233 cm³/mol. The Bertz CT molecular complexity index is 1420. The van der Waals surface area contributed by atoms with Gasteiger partial charge in [0, 0.05) is 0 Å². The summed E-state index contributed by atoms with van der Waals surface area (Å²) in [5, 5.41) is 0. The zero-order chi connectivity index (χ0) is 47.2. The van der Waals surface area contributed by atoms with Crippen molar-refractivity contribution in [3.8, 4) is 0 Å². The molecule has 0 spiro atoms. The SMILES string of the molecule is C=CCOC(=O)C1CCC(C(=O)OCC(COC(=O)C2CCC(C(=O)OCC=C)CC2)(COC(=O)C2CCC(C(=O)OCC=C)CC2)COC(=O)C2CCC(C(=O)OCC=C)CC2)CC1. The summed E-state index contributed by atoms with van der Waals surface area (Å²) in [6.45, 7) is 12.8. The zero-order valence-electron chi connectivity index (χ0n) is 37.8. The average Bonchev–Trinajstić information content (AvgIpc) is 3.34. The van der Waals surface area contributed by atoms with Gasteiger partial charge in [0.15, 0.2) is 0 Å². The highest BCUT2D eigenvalue weighted by Crippen LogP contribution is 2.36. The molecule has 4 fully saturated rings. The molecule has 65 heavy (non-hydrogen) atoms. The fourth-order valence-corrected chi connectivity index (χ4v) is 8.91. The Hall–Kier alpha value is -5.28. The van der Waals surface area contributed by atoms with Crippen molar-refractivity contribution in [3.63, 3.8) is 0 Å². The molecule has 0 bridgehead atoms. The highest BCUT2D eigenvalue weighted by Gasteiger charge is 2.43. The summed E-state index contributed by atoms with van der Waals surface area (Å²) in [4.78, 5) is 105. The van der Waals surface area contributed by atoms with Gasteiger partial charge >= 0.3 is 47.8 Å². The van der Waals surface area contributed by atoms with E-state index in [2.05, 4.69) is 26.3 Å². The number of carbonyl (C=O) groups excluding carboxylic acids is 8. The molecule has 4 aliphatic carbocycles. The number of rotatable bonds is 24. The van der Waals surface area contributed by atoms with Crippen molar-refractivity contribution in [1.29, 1.82) is 0 Å². The molecular formula is C49H68O16. The van der Waals surface area contributed by atoms with Crippen molar-refractivity contribution in [1.82, 2.24) is 0 Å². The van der Waals surface area contributed by atoms with Crippen LogP contribution in [-0.2, 0) is 76.3 Å². The van der Waals surface area contributed by atoms with Gasteiger partial charge in [-0.25, -0.2) is 0 Å². The Kier molecular flexibility index (Phi) is 21.9. The standard InChI is InChI=1S/C49H68O16/c1-5-25-58-41(50)33-9-17-37(18-10-33)45(54)62-29-49(30-63-46(55)38-19-11-34(12-20-38)42(51)59-26-6-2,31-64-47(56)39-21-13-35(14-22-39)43(52)60-27-7-3)32-65-48(57)40-23-15-36(16-24-40)44(53)61-28-8-4/h5-8,33-40H,1-4,9-32H2. The van der Waals surface area contributed by atoms with Crippen LogP contribution in [0.2, 0.25) is 0 Å². The van der Waals surface area contributed by atoms with E-state index in [9.17, 15) is 38.4 Å². The van der Waals surface area contributed by atoms with E-state index in [1.807, 2.05) is 0 Å². The first-order chi connectivity index (χ1) is 31.3. The molecule has 360 valence electrons. The van der Waals surface area contributed by atoms with Crippen molar-refractivity contribution < 1.29 is 76.3 Å². The fraction of sp³-hybridized carbons (Fsp3) is 0.673. The summed E-state index contributed by atoms with van der Waals surface area (Å²) >= 11 is 0. The fourth-order valence-electron chi connectivity index (χ4n) is 8.91. The Balaban J connectivity index is 1.50. The third-order valence-corrected chi connectivity index (χ3v) is 13.0. The van der Waals surface area contributed by atoms with Crippen LogP contribution in [0.3, 0.4) is 0 Å². The maximum atomic E-state index is 13.7. The van der Waals surface area contributed by atoms with Crippen molar-refractivity contribution in [3.05, 3.63) is 50.6 Å². The number of esters is 8. The molecule has 4 saturated carbocycles. The van der Waals surface area contributed by atoms with Crippen LogP contribution in [0.25, 0.3) is 0 Å². The second kappa shape index (κ2) is 27.3. The molecule has 0 heterocycles. The number of ether oxygens (including phenoxy) is 8. The van der Waals surface area contributed by atoms with Gasteiger partial charge in [0.05, 0.1) is 47.3 Å². The molecule has 0 saturated heterocycles. The highest BCUT2D eigenvalue weighted by molar-refractivity contribution is 5.78. The van der Waals surface area contributed by atoms with Gasteiger partial charge in [-0.05, 0) is 103 Å². The van der Waals surface area contributed by atoms with Gasteiger partial charge in [-0.15, -0.1) is 0 Å². The molecule has 0 N–H and O–H groups in total. The maximum Gasteiger partial charge on any atom is 0.309 e. The summed E-state index contributed by atoms with van der Waals surface area (Å²) in [7, 11) is 0. The van der Waals surface area contributed by atoms with Gasteiger partial charge in [0.1, 0.15) is 58.3 Å². The lowest BCUT2D eigenvalue weighted by molar-refractivity contribution is -0.179. The largest absolute Gasteiger partial charge is 0.464 e. The van der Waals surface area contributed by atoms with E-state index in [0.29, 0.717) is 103 Å². The molecule has 0 aliphatic heterocycles. The molecule has 0 radical (unpaired) electrons. The first kappa shape index (κ1) is 52.3. The smallest absolute Gasteiger partial charge is 0.309 e. The Morgan fingerprint density at radius 3 is 0.569 bits per heavy atom. The second-order valence-corrected chi connectivity index (χ2v) is 17.8. The van der Waals surface area contributed by atoms with E-state index in [-0.39, 0.29) is 74.0 Å². The van der Waals surface area contributed by atoms with Gasteiger partial charge in [-0.1, -0.05) is 50.6 Å². The lowest BCUT2D eigenvalue weighted by atomic mass is 9.81. The van der Waals surface area contributed by atoms with Crippen molar-refractivity contribution in [2.45, 2.75) is 103 Å².